The number of phosphoric acid groups is 1. The lowest BCUT2D eigenvalue weighted by Crippen LogP contribution is -2.08. The second-order valence-corrected chi connectivity index (χ2v) is 4.34. The molecule has 7 nitrogen and oxygen atoms in total. The topological polar surface area (TPSA) is 72.5 Å². The average molecular weight is 272 g/mol. The lowest BCUT2D eigenvalue weighted by molar-refractivity contribution is -0.0662. The number of phosphoric ester groups is 1. The lowest BCUT2D eigenvalue weighted by atomic mass is 10.9. The van der Waals surface area contributed by atoms with Crippen LogP contribution < -0.4 is 0 Å². The Morgan fingerprint density at radius 2 is 1.00 bits per heavy atom. The average Bonchev–Trinajstić information content (AvgIpc) is 2.30. The lowest BCUT2D eigenvalue weighted by Gasteiger charge is -2.17. The minimum Gasteiger partial charge on any atom is -0.355 e. The first kappa shape index (κ1) is 17.0. The monoisotopic (exact) mass is 272 g/mol. The molecule has 0 aromatic rings. The van der Waals surface area contributed by atoms with Crippen molar-refractivity contribution in [2.75, 3.05) is 40.2 Å². The van der Waals surface area contributed by atoms with E-state index in [0.29, 0.717) is 19.8 Å². The van der Waals surface area contributed by atoms with E-state index in [0.717, 1.165) is 0 Å². The second-order valence-electron chi connectivity index (χ2n) is 2.67. The van der Waals surface area contributed by atoms with Crippen molar-refractivity contribution in [2.45, 2.75) is 20.8 Å². The Morgan fingerprint density at radius 1 is 0.706 bits per heavy atom. The van der Waals surface area contributed by atoms with E-state index in [1.54, 1.807) is 20.8 Å². The quantitative estimate of drug-likeness (QED) is 0.306. The van der Waals surface area contributed by atoms with Crippen LogP contribution in [-0.4, -0.2) is 40.2 Å². The highest BCUT2D eigenvalue weighted by Crippen LogP contribution is 2.49. The summed E-state index contributed by atoms with van der Waals surface area (Å²) in [5, 5.41) is 0. The van der Waals surface area contributed by atoms with Crippen molar-refractivity contribution in [1.82, 2.24) is 0 Å². The molecular weight excluding hydrogens is 251 g/mol. The molecule has 0 heterocycles. The first-order chi connectivity index (χ1) is 8.18. The van der Waals surface area contributed by atoms with Gasteiger partial charge >= 0.3 is 7.82 Å². The van der Waals surface area contributed by atoms with E-state index < -0.39 is 7.82 Å². The van der Waals surface area contributed by atoms with Crippen LogP contribution >= 0.6 is 7.82 Å². The molecule has 0 spiro atoms. The number of ether oxygens (including phenoxy) is 3. The zero-order valence-electron chi connectivity index (χ0n) is 10.5. The molecule has 0 aliphatic carbocycles. The Morgan fingerprint density at radius 3 is 1.24 bits per heavy atom. The van der Waals surface area contributed by atoms with Crippen molar-refractivity contribution in [3.63, 3.8) is 0 Å². The minimum atomic E-state index is -3.68. The summed E-state index contributed by atoms with van der Waals surface area (Å²) in [7, 11) is -3.68. The predicted octanol–water partition coefficient (Wildman–Crippen LogP) is 2.13. The van der Waals surface area contributed by atoms with Gasteiger partial charge in [-0.2, -0.15) is 0 Å². The number of hydrogen-bond donors (Lipinski definition) is 0. The Kier molecular flexibility index (Phi) is 11.1. The molecule has 0 fully saturated rings. The molecule has 0 rings (SSSR count). The summed E-state index contributed by atoms with van der Waals surface area (Å²) >= 11 is 0. The third-order valence-corrected chi connectivity index (χ3v) is 2.76. The molecule has 0 radical (unpaired) electrons. The number of hydrogen-bond acceptors (Lipinski definition) is 7. The van der Waals surface area contributed by atoms with Gasteiger partial charge in [-0.15, -0.1) is 0 Å². The molecule has 8 heteroatoms. The highest BCUT2D eigenvalue weighted by molar-refractivity contribution is 7.48. The van der Waals surface area contributed by atoms with Crippen molar-refractivity contribution in [1.29, 1.82) is 0 Å². The van der Waals surface area contributed by atoms with Crippen LogP contribution in [0.4, 0.5) is 0 Å². The van der Waals surface area contributed by atoms with Crippen LogP contribution in [0.1, 0.15) is 20.8 Å². The van der Waals surface area contributed by atoms with Crippen LogP contribution in [0.3, 0.4) is 0 Å². The molecule has 0 aliphatic heterocycles. The summed E-state index contributed by atoms with van der Waals surface area (Å²) in [6.07, 6.45) is 0. The highest BCUT2D eigenvalue weighted by Gasteiger charge is 2.27. The van der Waals surface area contributed by atoms with Gasteiger partial charge in [0.15, 0.2) is 20.4 Å². The maximum atomic E-state index is 11.9. The van der Waals surface area contributed by atoms with E-state index in [4.69, 9.17) is 27.8 Å². The van der Waals surface area contributed by atoms with Crippen LogP contribution in [0.25, 0.3) is 0 Å². The maximum Gasteiger partial charge on any atom is 0.481 e. The fourth-order valence-electron chi connectivity index (χ4n) is 0.667. The summed E-state index contributed by atoms with van der Waals surface area (Å²) in [4.78, 5) is 0. The Bertz CT molecular complexity index is 178. The van der Waals surface area contributed by atoms with E-state index in [2.05, 4.69) is 0 Å². The molecule has 0 amide bonds. The maximum absolute atomic E-state index is 11.9. The van der Waals surface area contributed by atoms with Crippen molar-refractivity contribution < 1.29 is 32.3 Å². The molecule has 0 aliphatic rings. The van der Waals surface area contributed by atoms with Crippen molar-refractivity contribution in [3.05, 3.63) is 0 Å². The highest BCUT2D eigenvalue weighted by atomic mass is 31.2. The van der Waals surface area contributed by atoms with Crippen molar-refractivity contribution >= 4 is 7.82 Å². The summed E-state index contributed by atoms with van der Waals surface area (Å²) in [5.74, 6) is 0. The summed E-state index contributed by atoms with van der Waals surface area (Å²) < 4.78 is 41.3. The number of rotatable bonds is 12. The zero-order chi connectivity index (χ0) is 13.0. The Balaban J connectivity index is 4.00. The van der Waals surface area contributed by atoms with Gasteiger partial charge in [0.2, 0.25) is 0 Å². The van der Waals surface area contributed by atoms with Gasteiger partial charge in [-0.25, -0.2) is 4.57 Å². The van der Waals surface area contributed by atoms with Crippen LogP contribution in [0, 0.1) is 0 Å². The van der Waals surface area contributed by atoms with Gasteiger partial charge in [-0.3, -0.25) is 13.6 Å². The van der Waals surface area contributed by atoms with Crippen LogP contribution in [-0.2, 0) is 32.3 Å². The van der Waals surface area contributed by atoms with Gasteiger partial charge in [0.1, 0.15) is 0 Å². The first-order valence-electron chi connectivity index (χ1n) is 5.45. The first-order valence-corrected chi connectivity index (χ1v) is 6.91. The molecule has 0 saturated carbocycles. The van der Waals surface area contributed by atoms with Gasteiger partial charge in [0.05, 0.1) is 0 Å². The van der Waals surface area contributed by atoms with E-state index >= 15 is 0 Å². The second kappa shape index (κ2) is 11.1. The summed E-state index contributed by atoms with van der Waals surface area (Å²) in [6, 6.07) is 0. The fourth-order valence-corrected chi connectivity index (χ4v) is 1.50. The molecule has 17 heavy (non-hydrogen) atoms. The molecule has 104 valence electrons. The van der Waals surface area contributed by atoms with Crippen LogP contribution in [0.15, 0.2) is 0 Å². The standard InChI is InChI=1S/C9H21O7P/c1-4-11-7-14-17(10,15-8-12-5-2)16-9-13-6-3/h4-9H2,1-3H3. The van der Waals surface area contributed by atoms with E-state index in [-0.39, 0.29) is 20.4 Å². The smallest absolute Gasteiger partial charge is 0.355 e. The molecule has 0 N–H and O–H groups in total. The summed E-state index contributed by atoms with van der Waals surface area (Å²) in [5.41, 5.74) is 0. The van der Waals surface area contributed by atoms with E-state index in [9.17, 15) is 4.57 Å². The van der Waals surface area contributed by atoms with Gasteiger partial charge < -0.3 is 14.2 Å². The van der Waals surface area contributed by atoms with Crippen LogP contribution in [0.5, 0.6) is 0 Å². The third-order valence-electron chi connectivity index (χ3n) is 1.49. The minimum absolute atomic E-state index is 0.175. The molecule has 0 saturated heterocycles. The van der Waals surface area contributed by atoms with Crippen LogP contribution in [0.2, 0.25) is 0 Å². The van der Waals surface area contributed by atoms with Gasteiger partial charge in [-0.05, 0) is 20.8 Å². The molecule has 0 aromatic carbocycles. The third kappa shape index (κ3) is 9.67. The fraction of sp³-hybridized carbons (Fsp3) is 1.00. The van der Waals surface area contributed by atoms with Crippen molar-refractivity contribution in [2.24, 2.45) is 0 Å². The zero-order valence-corrected chi connectivity index (χ0v) is 11.4. The summed E-state index contributed by atoms with van der Waals surface area (Å²) in [6.45, 7) is 6.16. The van der Waals surface area contributed by atoms with E-state index in [1.165, 1.54) is 0 Å². The van der Waals surface area contributed by atoms with Gasteiger partial charge in [0.25, 0.3) is 0 Å². The molecular formula is C9H21O7P. The Labute approximate surface area is 102 Å². The largest absolute Gasteiger partial charge is 0.481 e. The molecule has 0 atom stereocenters. The van der Waals surface area contributed by atoms with Gasteiger partial charge in [0, 0.05) is 19.8 Å². The molecule has 0 unspecified atom stereocenters. The van der Waals surface area contributed by atoms with Gasteiger partial charge in [-0.1, -0.05) is 0 Å². The SMILES string of the molecule is CCOCOP(=O)(OCOCC)OCOCC. The predicted molar refractivity (Wildman–Crippen MR) is 60.3 cm³/mol. The Hall–Kier alpha value is -0.0100. The van der Waals surface area contributed by atoms with E-state index in [1.807, 2.05) is 0 Å². The van der Waals surface area contributed by atoms with Crippen molar-refractivity contribution in [3.8, 4) is 0 Å². The normalized spacial score (nSPS) is 11.9. The molecule has 0 bridgehead atoms. The molecule has 0 aromatic heterocycles.